The number of nitrogens with zero attached hydrogens (tertiary/aromatic N) is 1. The van der Waals surface area contributed by atoms with E-state index in [2.05, 4.69) is 9.97 Å². The Morgan fingerprint density at radius 1 is 1.39 bits per heavy atom. The van der Waals surface area contributed by atoms with Crippen molar-refractivity contribution in [2.45, 2.75) is 19.8 Å². The number of hydrogen-bond acceptors (Lipinski definition) is 3. The first kappa shape index (κ1) is 12.4. The summed E-state index contributed by atoms with van der Waals surface area (Å²) in [4.78, 5) is 18.7. The lowest BCUT2D eigenvalue weighted by Gasteiger charge is -2.07. The van der Waals surface area contributed by atoms with Gasteiger partial charge in [0.15, 0.2) is 0 Å². The number of aryl methyl sites for hydroxylation is 1. The number of nitrogens with one attached hydrogen (secondary N) is 1. The van der Waals surface area contributed by atoms with Crippen LogP contribution < -0.4 is 0 Å². The second-order valence-corrected chi connectivity index (χ2v) is 3.90. The third-order valence-corrected chi connectivity index (χ3v) is 2.67. The first-order chi connectivity index (χ1) is 8.81. The molecule has 0 spiro atoms. The molecule has 0 radical (unpaired) electrons. The van der Waals surface area contributed by atoms with Crippen LogP contribution >= 0.6 is 0 Å². The summed E-state index contributed by atoms with van der Waals surface area (Å²) >= 11 is 0. The number of esters is 1. The van der Waals surface area contributed by atoms with Gasteiger partial charge in [-0.15, -0.1) is 0 Å². The zero-order valence-electron chi connectivity index (χ0n) is 10.3. The van der Waals surface area contributed by atoms with Crippen LogP contribution in [-0.4, -0.2) is 22.5 Å². The minimum absolute atomic E-state index is 0.160. The Bertz CT molecular complexity index is 506. The van der Waals surface area contributed by atoms with E-state index in [1.807, 2.05) is 31.2 Å². The number of aromatic amines is 1. The first-order valence-corrected chi connectivity index (χ1v) is 6.04. The normalized spacial score (nSPS) is 10.3. The SMILES string of the molecule is CCOC(=O)CCc1ccccc1-c1ncc[nH]1. The molecule has 94 valence electrons. The molecule has 0 saturated heterocycles. The second-order valence-electron chi connectivity index (χ2n) is 3.90. The Kier molecular flexibility index (Phi) is 4.12. The molecule has 0 amide bonds. The minimum Gasteiger partial charge on any atom is -0.466 e. The summed E-state index contributed by atoms with van der Waals surface area (Å²) in [5.74, 6) is 0.668. The van der Waals surface area contributed by atoms with Gasteiger partial charge in [0, 0.05) is 24.4 Å². The number of carbonyl (C=O) groups excluding carboxylic acids is 1. The molecule has 4 nitrogen and oxygen atoms in total. The molecule has 1 heterocycles. The molecule has 4 heteroatoms. The van der Waals surface area contributed by atoms with E-state index in [9.17, 15) is 4.79 Å². The lowest BCUT2D eigenvalue weighted by Crippen LogP contribution is -2.05. The molecule has 2 rings (SSSR count). The Labute approximate surface area is 106 Å². The van der Waals surface area contributed by atoms with Crippen LogP contribution in [0.2, 0.25) is 0 Å². The van der Waals surface area contributed by atoms with E-state index >= 15 is 0 Å². The fraction of sp³-hybridized carbons (Fsp3) is 0.286. The van der Waals surface area contributed by atoms with Gasteiger partial charge in [-0.3, -0.25) is 4.79 Å². The third kappa shape index (κ3) is 2.97. The number of imidazole rings is 1. The molecule has 1 aromatic heterocycles. The molecule has 0 aliphatic heterocycles. The minimum atomic E-state index is -0.160. The highest BCUT2D eigenvalue weighted by Gasteiger charge is 2.09. The molecule has 0 fully saturated rings. The van der Waals surface area contributed by atoms with Crippen LogP contribution in [0, 0.1) is 0 Å². The predicted molar refractivity (Wildman–Crippen MR) is 69.0 cm³/mol. The number of ether oxygens (including phenoxy) is 1. The Morgan fingerprint density at radius 3 is 2.94 bits per heavy atom. The van der Waals surface area contributed by atoms with Crippen molar-refractivity contribution in [3.05, 3.63) is 42.2 Å². The molecule has 0 bridgehead atoms. The molecule has 0 saturated carbocycles. The van der Waals surface area contributed by atoms with Crippen molar-refractivity contribution in [3.8, 4) is 11.4 Å². The van der Waals surface area contributed by atoms with Gasteiger partial charge in [0.05, 0.1) is 6.61 Å². The Balaban J connectivity index is 2.11. The highest BCUT2D eigenvalue weighted by Crippen LogP contribution is 2.21. The second kappa shape index (κ2) is 6.00. The standard InChI is InChI=1S/C14H16N2O2/c1-2-18-13(17)8-7-11-5-3-4-6-12(11)14-15-9-10-16-14/h3-6,9-10H,2,7-8H2,1H3,(H,15,16). The summed E-state index contributed by atoms with van der Waals surface area (Å²) in [6, 6.07) is 7.94. The van der Waals surface area contributed by atoms with Gasteiger partial charge in [-0.25, -0.2) is 4.98 Å². The highest BCUT2D eigenvalue weighted by atomic mass is 16.5. The molecule has 0 aliphatic carbocycles. The molecular weight excluding hydrogens is 228 g/mol. The van der Waals surface area contributed by atoms with Crippen LogP contribution in [0.4, 0.5) is 0 Å². The maximum atomic E-state index is 11.4. The maximum absolute atomic E-state index is 11.4. The molecule has 2 aromatic rings. The molecule has 0 atom stereocenters. The van der Waals surface area contributed by atoms with E-state index < -0.39 is 0 Å². The maximum Gasteiger partial charge on any atom is 0.306 e. The predicted octanol–water partition coefficient (Wildman–Crippen LogP) is 2.57. The van der Waals surface area contributed by atoms with Crippen LogP contribution in [0.5, 0.6) is 0 Å². The third-order valence-electron chi connectivity index (χ3n) is 2.67. The van der Waals surface area contributed by atoms with Crippen LogP contribution in [0.15, 0.2) is 36.7 Å². The van der Waals surface area contributed by atoms with Crippen molar-refractivity contribution in [1.29, 1.82) is 0 Å². The average molecular weight is 244 g/mol. The summed E-state index contributed by atoms with van der Waals surface area (Å²) in [5.41, 5.74) is 2.13. The summed E-state index contributed by atoms with van der Waals surface area (Å²) in [7, 11) is 0. The zero-order valence-corrected chi connectivity index (χ0v) is 10.3. The molecular formula is C14H16N2O2. The molecule has 0 aliphatic rings. The van der Waals surface area contributed by atoms with Crippen molar-refractivity contribution in [1.82, 2.24) is 9.97 Å². The topological polar surface area (TPSA) is 55.0 Å². The largest absolute Gasteiger partial charge is 0.466 e. The summed E-state index contributed by atoms with van der Waals surface area (Å²) < 4.78 is 4.93. The van der Waals surface area contributed by atoms with Crippen molar-refractivity contribution in [2.75, 3.05) is 6.61 Å². The molecule has 1 N–H and O–H groups in total. The van der Waals surface area contributed by atoms with Crippen molar-refractivity contribution in [2.24, 2.45) is 0 Å². The number of H-pyrrole nitrogens is 1. The van der Waals surface area contributed by atoms with Crippen LogP contribution in [0.1, 0.15) is 18.9 Å². The van der Waals surface area contributed by atoms with Crippen LogP contribution in [-0.2, 0) is 16.0 Å². The fourth-order valence-electron chi connectivity index (χ4n) is 1.85. The molecule has 1 aromatic carbocycles. The van der Waals surface area contributed by atoms with E-state index in [-0.39, 0.29) is 5.97 Å². The number of aromatic nitrogens is 2. The summed E-state index contributed by atoms with van der Waals surface area (Å²) in [6.07, 6.45) is 4.57. The quantitative estimate of drug-likeness (QED) is 0.822. The zero-order chi connectivity index (χ0) is 12.8. The van der Waals surface area contributed by atoms with E-state index in [1.54, 1.807) is 12.4 Å². The van der Waals surface area contributed by atoms with E-state index in [1.165, 1.54) is 0 Å². The first-order valence-electron chi connectivity index (χ1n) is 6.04. The smallest absolute Gasteiger partial charge is 0.306 e. The van der Waals surface area contributed by atoms with Gasteiger partial charge in [-0.05, 0) is 18.9 Å². The van der Waals surface area contributed by atoms with Gasteiger partial charge >= 0.3 is 5.97 Å². The number of hydrogen-bond donors (Lipinski definition) is 1. The molecule has 0 unspecified atom stereocenters. The van der Waals surface area contributed by atoms with Gasteiger partial charge < -0.3 is 9.72 Å². The van der Waals surface area contributed by atoms with Gasteiger partial charge in [-0.2, -0.15) is 0 Å². The van der Waals surface area contributed by atoms with E-state index in [0.29, 0.717) is 19.4 Å². The van der Waals surface area contributed by atoms with Gasteiger partial charge in [0.1, 0.15) is 5.82 Å². The lowest BCUT2D eigenvalue weighted by molar-refractivity contribution is -0.143. The average Bonchev–Trinajstić information content (AvgIpc) is 2.91. The Morgan fingerprint density at radius 2 is 2.22 bits per heavy atom. The fourth-order valence-corrected chi connectivity index (χ4v) is 1.85. The van der Waals surface area contributed by atoms with Crippen molar-refractivity contribution < 1.29 is 9.53 Å². The number of carbonyl (C=O) groups is 1. The number of rotatable bonds is 5. The summed E-state index contributed by atoms with van der Waals surface area (Å²) in [6.45, 7) is 2.24. The van der Waals surface area contributed by atoms with E-state index in [4.69, 9.17) is 4.74 Å². The monoisotopic (exact) mass is 244 g/mol. The number of benzene rings is 1. The van der Waals surface area contributed by atoms with Crippen molar-refractivity contribution in [3.63, 3.8) is 0 Å². The van der Waals surface area contributed by atoms with E-state index in [0.717, 1.165) is 17.0 Å². The highest BCUT2D eigenvalue weighted by molar-refractivity contribution is 5.70. The van der Waals surface area contributed by atoms with Gasteiger partial charge in [0.2, 0.25) is 0 Å². The summed E-state index contributed by atoms with van der Waals surface area (Å²) in [5, 5.41) is 0. The van der Waals surface area contributed by atoms with Crippen molar-refractivity contribution >= 4 is 5.97 Å². The van der Waals surface area contributed by atoms with Gasteiger partial charge in [0.25, 0.3) is 0 Å². The molecule has 18 heavy (non-hydrogen) atoms. The van der Waals surface area contributed by atoms with Crippen LogP contribution in [0.25, 0.3) is 11.4 Å². The van der Waals surface area contributed by atoms with Crippen LogP contribution in [0.3, 0.4) is 0 Å². The Hall–Kier alpha value is -2.10. The lowest BCUT2D eigenvalue weighted by atomic mass is 10.0. The van der Waals surface area contributed by atoms with Gasteiger partial charge in [-0.1, -0.05) is 24.3 Å².